The third kappa shape index (κ3) is 6.71. The Morgan fingerprint density at radius 2 is 1.46 bits per heavy atom. The average molecular weight is 395 g/mol. The van der Waals surface area contributed by atoms with Gasteiger partial charge in [0.1, 0.15) is 0 Å². The van der Waals surface area contributed by atoms with Crippen molar-refractivity contribution in [3.8, 4) is 0 Å². The van der Waals surface area contributed by atoms with E-state index in [1.807, 2.05) is 0 Å². The van der Waals surface area contributed by atoms with Gasteiger partial charge in [0.25, 0.3) is 0 Å². The van der Waals surface area contributed by atoms with Crippen LogP contribution in [0.4, 0.5) is 0 Å². The molecule has 0 amide bonds. The fourth-order valence-corrected chi connectivity index (χ4v) is 5.87. The van der Waals surface area contributed by atoms with Crippen molar-refractivity contribution in [3.63, 3.8) is 0 Å². The van der Waals surface area contributed by atoms with Gasteiger partial charge in [-0.05, 0) is 68.6 Å². The number of ether oxygens (including phenoxy) is 2. The Morgan fingerprint density at radius 1 is 0.821 bits per heavy atom. The lowest BCUT2D eigenvalue weighted by Crippen LogP contribution is -2.27. The van der Waals surface area contributed by atoms with Gasteiger partial charge in [-0.15, -0.1) is 0 Å². The van der Waals surface area contributed by atoms with Gasteiger partial charge in [-0.25, -0.2) is 0 Å². The number of aliphatic hydroxyl groups excluding tert-OH is 1. The molecular weight excluding hydrogens is 348 g/mol. The largest absolute Gasteiger partial charge is 0.396 e. The van der Waals surface area contributed by atoms with Crippen LogP contribution in [0.3, 0.4) is 0 Å². The van der Waals surface area contributed by atoms with Crippen molar-refractivity contribution in [2.45, 2.75) is 128 Å². The molecular formula is C25H46O3. The fraction of sp³-hybridized carbons (Fsp3) is 1.00. The molecule has 3 aliphatic rings. The van der Waals surface area contributed by atoms with Crippen molar-refractivity contribution in [3.05, 3.63) is 0 Å². The number of hydrogen-bond donors (Lipinski definition) is 1. The normalized spacial score (nSPS) is 31.0. The molecule has 2 bridgehead atoms. The van der Waals surface area contributed by atoms with E-state index in [9.17, 15) is 5.11 Å². The van der Waals surface area contributed by atoms with Crippen LogP contribution in [0.1, 0.15) is 110 Å². The minimum absolute atomic E-state index is 0.0950. The van der Waals surface area contributed by atoms with Gasteiger partial charge in [-0.3, -0.25) is 0 Å². The first kappa shape index (κ1) is 22.6. The summed E-state index contributed by atoms with van der Waals surface area (Å²) < 4.78 is 12.4. The Labute approximate surface area is 174 Å². The molecule has 0 aromatic rings. The van der Waals surface area contributed by atoms with E-state index >= 15 is 0 Å². The number of unbranched alkanes of at least 4 members (excludes halogenated alkanes) is 3. The predicted molar refractivity (Wildman–Crippen MR) is 116 cm³/mol. The third-order valence-corrected chi connectivity index (χ3v) is 7.75. The molecule has 3 fully saturated rings. The summed E-state index contributed by atoms with van der Waals surface area (Å²) in [6.07, 6.45) is 21.3. The lowest BCUT2D eigenvalue weighted by molar-refractivity contribution is 0.0252. The Kier molecular flexibility index (Phi) is 9.12. The molecule has 4 atom stereocenters. The van der Waals surface area contributed by atoms with E-state index in [0.717, 1.165) is 24.9 Å². The van der Waals surface area contributed by atoms with E-state index in [1.54, 1.807) is 0 Å². The van der Waals surface area contributed by atoms with Crippen LogP contribution in [-0.2, 0) is 9.47 Å². The minimum atomic E-state index is 0.0950. The third-order valence-electron chi connectivity index (χ3n) is 7.75. The summed E-state index contributed by atoms with van der Waals surface area (Å²) in [5, 5.41) is 9.40. The van der Waals surface area contributed by atoms with Crippen molar-refractivity contribution in [2.75, 3.05) is 13.2 Å². The molecule has 2 saturated heterocycles. The summed E-state index contributed by atoms with van der Waals surface area (Å²) in [5.74, 6) is 1.62. The molecule has 0 radical (unpaired) electrons. The zero-order valence-electron chi connectivity index (χ0n) is 18.7. The highest BCUT2D eigenvalue weighted by Crippen LogP contribution is 2.47. The van der Waals surface area contributed by atoms with Crippen LogP contribution in [0.15, 0.2) is 0 Å². The van der Waals surface area contributed by atoms with Crippen LogP contribution in [0, 0.1) is 17.3 Å². The second-order valence-electron chi connectivity index (χ2n) is 10.7. The van der Waals surface area contributed by atoms with Gasteiger partial charge in [0, 0.05) is 13.2 Å². The maximum Gasteiger partial charge on any atom is 0.0611 e. The molecule has 0 spiro atoms. The zero-order valence-corrected chi connectivity index (χ0v) is 18.7. The molecule has 3 heteroatoms. The van der Waals surface area contributed by atoms with Crippen molar-refractivity contribution in [1.82, 2.24) is 0 Å². The predicted octanol–water partition coefficient (Wildman–Crippen LogP) is 6.27. The van der Waals surface area contributed by atoms with Gasteiger partial charge in [-0.2, -0.15) is 0 Å². The maximum absolute atomic E-state index is 9.40. The quantitative estimate of drug-likeness (QED) is 0.374. The van der Waals surface area contributed by atoms with Gasteiger partial charge in [-0.1, -0.05) is 58.8 Å². The van der Waals surface area contributed by atoms with E-state index in [2.05, 4.69) is 13.8 Å². The molecule has 0 unspecified atom stereocenters. The monoisotopic (exact) mass is 394 g/mol. The van der Waals surface area contributed by atoms with E-state index < -0.39 is 0 Å². The van der Waals surface area contributed by atoms with Crippen molar-refractivity contribution >= 4 is 0 Å². The highest BCUT2D eigenvalue weighted by molar-refractivity contribution is 4.96. The van der Waals surface area contributed by atoms with Crippen molar-refractivity contribution in [2.24, 2.45) is 17.3 Å². The van der Waals surface area contributed by atoms with Crippen molar-refractivity contribution in [1.29, 1.82) is 0 Å². The van der Waals surface area contributed by atoms with E-state index in [1.165, 1.54) is 89.9 Å². The van der Waals surface area contributed by atoms with E-state index in [4.69, 9.17) is 9.47 Å². The first-order chi connectivity index (χ1) is 13.6. The average Bonchev–Trinajstić information content (AvgIpc) is 3.30. The lowest BCUT2D eigenvalue weighted by atomic mass is 9.74. The van der Waals surface area contributed by atoms with Crippen LogP contribution in [0.5, 0.6) is 0 Å². The van der Waals surface area contributed by atoms with Gasteiger partial charge in [0.2, 0.25) is 0 Å². The van der Waals surface area contributed by atoms with Gasteiger partial charge in [0.05, 0.1) is 18.3 Å². The Bertz CT molecular complexity index is 430. The van der Waals surface area contributed by atoms with Crippen LogP contribution >= 0.6 is 0 Å². The number of hydrogen-bond acceptors (Lipinski definition) is 3. The zero-order chi connectivity index (χ0) is 19.8. The topological polar surface area (TPSA) is 38.7 Å². The molecule has 164 valence electrons. The smallest absolute Gasteiger partial charge is 0.0611 e. The number of rotatable bonds is 13. The molecule has 2 aliphatic heterocycles. The van der Waals surface area contributed by atoms with Crippen LogP contribution in [0.25, 0.3) is 0 Å². The van der Waals surface area contributed by atoms with Crippen LogP contribution < -0.4 is 0 Å². The summed E-state index contributed by atoms with van der Waals surface area (Å²) in [5.41, 5.74) is 0.0950. The molecule has 1 N–H and O–H groups in total. The molecule has 2 heterocycles. The first-order valence-electron chi connectivity index (χ1n) is 12.5. The highest BCUT2D eigenvalue weighted by atomic mass is 16.5. The van der Waals surface area contributed by atoms with E-state index in [-0.39, 0.29) is 5.41 Å². The summed E-state index contributed by atoms with van der Waals surface area (Å²) in [6, 6.07) is 0. The Balaban J connectivity index is 1.29. The minimum Gasteiger partial charge on any atom is -0.396 e. The van der Waals surface area contributed by atoms with Gasteiger partial charge >= 0.3 is 0 Å². The van der Waals surface area contributed by atoms with Gasteiger partial charge in [0.15, 0.2) is 0 Å². The lowest BCUT2D eigenvalue weighted by Gasteiger charge is -2.28. The summed E-state index contributed by atoms with van der Waals surface area (Å²) >= 11 is 0. The van der Waals surface area contributed by atoms with Gasteiger partial charge < -0.3 is 14.6 Å². The maximum atomic E-state index is 9.40. The molecule has 0 aromatic carbocycles. The van der Waals surface area contributed by atoms with Crippen LogP contribution in [-0.4, -0.2) is 36.6 Å². The Morgan fingerprint density at radius 3 is 2.11 bits per heavy atom. The molecule has 0 aromatic heterocycles. The first-order valence-corrected chi connectivity index (χ1v) is 12.5. The van der Waals surface area contributed by atoms with E-state index in [0.29, 0.717) is 24.9 Å². The number of aliphatic hydroxyl groups is 1. The number of fused-ring (bicyclic) bond motifs is 2. The Hall–Kier alpha value is -0.120. The summed E-state index contributed by atoms with van der Waals surface area (Å²) in [4.78, 5) is 0. The standard InChI is InChI=1S/C25H46O3/c1-25(2,19-26)17-9-4-7-13-21-22(24-16-15-23(21)28-24)14-8-10-18-27-20-11-5-3-6-12-20/h20-24,26H,3-19H2,1-2H3/t21-,22+,23-,24+/m1/s1. The molecule has 3 rings (SSSR count). The van der Waals surface area contributed by atoms with Crippen LogP contribution in [0.2, 0.25) is 0 Å². The summed E-state index contributed by atoms with van der Waals surface area (Å²) in [7, 11) is 0. The highest BCUT2D eigenvalue weighted by Gasteiger charge is 2.47. The SMILES string of the molecule is CC(C)(CO)CCCCC[C@@H]1[C@H](CCCCOC2CCCCC2)[C@@H]2CC[C@H]1O2. The molecule has 28 heavy (non-hydrogen) atoms. The second-order valence-corrected chi connectivity index (χ2v) is 10.7. The summed E-state index contributed by atoms with van der Waals surface area (Å²) in [6.45, 7) is 5.62. The fourth-order valence-electron chi connectivity index (χ4n) is 5.87. The molecule has 3 nitrogen and oxygen atoms in total. The molecule has 1 aliphatic carbocycles. The van der Waals surface area contributed by atoms with Crippen molar-refractivity contribution < 1.29 is 14.6 Å². The molecule has 1 saturated carbocycles. The second kappa shape index (κ2) is 11.3.